The first-order valence-corrected chi connectivity index (χ1v) is 25.4. The lowest BCUT2D eigenvalue weighted by Gasteiger charge is -2.49. The van der Waals surface area contributed by atoms with Crippen molar-refractivity contribution in [3.05, 3.63) is 0 Å². The Kier molecular flexibility index (Phi) is 19.8. The van der Waals surface area contributed by atoms with Gasteiger partial charge in [0, 0.05) is 56.5 Å². The van der Waals surface area contributed by atoms with Gasteiger partial charge in [-0.05, 0) is 100.0 Å². The van der Waals surface area contributed by atoms with Crippen LogP contribution in [-0.2, 0) is 38.0 Å². The lowest BCUT2D eigenvalue weighted by molar-refractivity contribution is -0.317. The monoisotopic (exact) mass is 923 g/mol. The number of aliphatic hydroxyl groups excluding tert-OH is 3. The summed E-state index contributed by atoms with van der Waals surface area (Å²) in [5, 5.41) is 59.8. The van der Waals surface area contributed by atoms with E-state index in [0.29, 0.717) is 24.6 Å². The number of nitrogens with zero attached hydrogens (tertiary/aromatic N) is 2. The van der Waals surface area contributed by atoms with Crippen LogP contribution in [0, 0.1) is 17.8 Å². The van der Waals surface area contributed by atoms with E-state index in [-0.39, 0.29) is 31.1 Å². The minimum atomic E-state index is -1.83. The number of rotatable bonds is 12. The molecule has 0 radical (unpaired) electrons. The Hall–Kier alpha value is -0.800. The van der Waals surface area contributed by atoms with Gasteiger partial charge < -0.3 is 63.8 Å². The first-order valence-electron chi connectivity index (χ1n) is 23.0. The zero-order valence-electron chi connectivity index (χ0n) is 39.7. The largest absolute Gasteiger partial charge is 0.459 e. The van der Waals surface area contributed by atoms with Gasteiger partial charge in [-0.1, -0.05) is 48.8 Å². The van der Waals surface area contributed by atoms with Crippen molar-refractivity contribution in [2.45, 2.75) is 223 Å². The molecule has 17 heteroatoms. The van der Waals surface area contributed by atoms with E-state index < -0.39 is 108 Å². The summed E-state index contributed by atoms with van der Waals surface area (Å²) >= 11 is 0. The number of carbonyl (C=O) groups is 2. The summed E-state index contributed by atoms with van der Waals surface area (Å²) in [6.45, 7) is 17.8. The standard InChI is InChI=1S/C45H82N2O13S2/c1-14-33-45(10,54)38(50)29(6)46(11)24-25(2)22-43(8,53)40(27(4)37(28(5)41(52)58-33)59-35-23-44(9,55-13)39(51)30(7)57-35)60-42-36(49)32(21-26(3)56-42)47(12)34(48)18-16-15-17-31-19-20-61-62-31/h25-33,35-40,42,49-51,53-54H,14-24H2,1-13H3/t25-,26-,27+,28-,29-,30+,31-,32+,33-,35+,36-,37+,38-,39+,40-,42+,43?,44-,45-/m1/s1. The fraction of sp³-hybridized carbons (Fsp3) is 0.956. The maximum absolute atomic E-state index is 14.4. The molecular formula is C45H82N2O13S2. The zero-order chi connectivity index (χ0) is 46.5. The molecule has 15 nitrogen and oxygen atoms in total. The first kappa shape index (κ1) is 53.8. The number of hydrogen-bond donors (Lipinski definition) is 5. The lowest BCUT2D eigenvalue weighted by Crippen LogP contribution is -2.61. The second-order valence-corrected chi connectivity index (χ2v) is 22.6. The SMILES string of the molecule is CC[C@H]1OC(=O)[C@H](C)[C@@H](O[C@H]2C[C@@](C)(OC)[C@@H](O)[C@H](C)O2)[C@H](C)[C@@H](O[C@@H]2O[C@H](C)C[C@H](N(C)C(=O)CCCC[C@@H]3CCSS3)[C@H]2O)C(C)(O)C[C@@H](C)CN(C)[C@H](C)[C@@H](O)[C@]1(C)O. The molecule has 62 heavy (non-hydrogen) atoms. The van der Waals surface area contributed by atoms with Crippen molar-refractivity contribution >= 4 is 33.5 Å². The van der Waals surface area contributed by atoms with Crippen molar-refractivity contribution in [2.75, 3.05) is 33.5 Å². The van der Waals surface area contributed by atoms with Gasteiger partial charge >= 0.3 is 5.97 Å². The number of cyclic esters (lactones) is 1. The molecule has 0 aromatic rings. The van der Waals surface area contributed by atoms with Crippen molar-refractivity contribution in [2.24, 2.45) is 17.8 Å². The predicted molar refractivity (Wildman–Crippen MR) is 240 cm³/mol. The molecule has 0 aromatic heterocycles. The fourth-order valence-electron chi connectivity index (χ4n) is 10.2. The molecule has 4 aliphatic rings. The third-order valence-corrected chi connectivity index (χ3v) is 17.3. The number of methoxy groups -OCH3 is 1. The minimum absolute atomic E-state index is 0.0676. The number of likely N-dealkylation sites (N-methyl/N-ethyl adjacent to an activating group) is 2. The van der Waals surface area contributed by atoms with Gasteiger partial charge in [0.05, 0.1) is 47.6 Å². The molecule has 4 fully saturated rings. The van der Waals surface area contributed by atoms with Crippen LogP contribution in [0.25, 0.3) is 0 Å². The molecule has 0 aromatic carbocycles. The molecule has 4 rings (SSSR count). The number of amides is 1. The topological polar surface area (TPSA) is 197 Å². The van der Waals surface area contributed by atoms with Crippen LogP contribution in [0.1, 0.15) is 127 Å². The molecule has 1 amide bonds. The summed E-state index contributed by atoms with van der Waals surface area (Å²) in [6, 6.07) is -1.20. The van der Waals surface area contributed by atoms with Crippen molar-refractivity contribution in [1.29, 1.82) is 0 Å². The summed E-state index contributed by atoms with van der Waals surface area (Å²) in [6.07, 6.45) is -5.03. The summed E-state index contributed by atoms with van der Waals surface area (Å²) < 4.78 is 38.0. The van der Waals surface area contributed by atoms with Crippen LogP contribution in [-0.4, -0.2) is 176 Å². The molecule has 4 aliphatic heterocycles. The lowest BCUT2D eigenvalue weighted by atomic mass is 9.77. The second kappa shape index (κ2) is 22.8. The molecular weight excluding hydrogens is 841 g/mol. The highest BCUT2D eigenvalue weighted by molar-refractivity contribution is 8.77. The molecule has 19 atom stereocenters. The molecule has 0 saturated carbocycles. The van der Waals surface area contributed by atoms with Gasteiger partial charge in [-0.3, -0.25) is 9.59 Å². The van der Waals surface area contributed by atoms with Crippen LogP contribution in [0.5, 0.6) is 0 Å². The van der Waals surface area contributed by atoms with Gasteiger partial charge in [0.1, 0.15) is 30.0 Å². The third-order valence-electron chi connectivity index (χ3n) is 14.3. The van der Waals surface area contributed by atoms with Gasteiger partial charge in [-0.15, -0.1) is 0 Å². The van der Waals surface area contributed by atoms with Gasteiger partial charge in [0.15, 0.2) is 12.6 Å². The summed E-state index contributed by atoms with van der Waals surface area (Å²) in [5.41, 5.74) is -4.53. The maximum atomic E-state index is 14.4. The molecule has 0 spiro atoms. The highest BCUT2D eigenvalue weighted by atomic mass is 33.1. The highest BCUT2D eigenvalue weighted by Gasteiger charge is 2.53. The average molecular weight is 923 g/mol. The number of carbonyl (C=O) groups excluding carboxylic acids is 2. The van der Waals surface area contributed by atoms with Crippen molar-refractivity contribution in [3.8, 4) is 0 Å². The molecule has 5 N–H and O–H groups in total. The van der Waals surface area contributed by atoms with E-state index in [0.717, 1.165) is 19.3 Å². The Labute approximate surface area is 379 Å². The summed E-state index contributed by atoms with van der Waals surface area (Å²) in [7, 11) is 8.89. The van der Waals surface area contributed by atoms with Gasteiger partial charge in [-0.2, -0.15) is 0 Å². The first-order chi connectivity index (χ1) is 28.9. The normalized spacial score (nSPS) is 45.8. The second-order valence-electron chi connectivity index (χ2n) is 19.8. The van der Waals surface area contributed by atoms with E-state index in [1.807, 2.05) is 47.4 Å². The van der Waals surface area contributed by atoms with Crippen molar-refractivity contribution < 1.29 is 63.5 Å². The fourth-order valence-corrected chi connectivity index (χ4v) is 13.2. The minimum Gasteiger partial charge on any atom is -0.459 e. The summed E-state index contributed by atoms with van der Waals surface area (Å²) in [4.78, 5) is 31.5. The van der Waals surface area contributed by atoms with Crippen molar-refractivity contribution in [3.63, 3.8) is 0 Å². The smallest absolute Gasteiger partial charge is 0.311 e. The van der Waals surface area contributed by atoms with Gasteiger partial charge in [-0.25, -0.2) is 0 Å². The quantitative estimate of drug-likeness (QED) is 0.104. The number of unbranched alkanes of at least 4 members (excludes halogenated alkanes) is 1. The maximum Gasteiger partial charge on any atom is 0.311 e. The molecule has 1 unspecified atom stereocenters. The molecule has 362 valence electrons. The van der Waals surface area contributed by atoms with E-state index >= 15 is 0 Å². The Bertz CT molecular complexity index is 1430. The molecule has 0 aliphatic carbocycles. The Balaban J connectivity index is 1.72. The zero-order valence-corrected chi connectivity index (χ0v) is 41.4. The van der Waals surface area contributed by atoms with E-state index in [4.69, 9.17) is 28.4 Å². The Morgan fingerprint density at radius 2 is 1.66 bits per heavy atom. The average Bonchev–Trinajstić information content (AvgIpc) is 3.74. The van der Waals surface area contributed by atoms with Crippen LogP contribution in [0.4, 0.5) is 0 Å². The van der Waals surface area contributed by atoms with E-state index in [1.165, 1.54) is 26.2 Å². The van der Waals surface area contributed by atoms with Crippen LogP contribution in [0.3, 0.4) is 0 Å². The number of hydrogen-bond acceptors (Lipinski definition) is 16. The van der Waals surface area contributed by atoms with Crippen LogP contribution >= 0.6 is 21.6 Å². The highest BCUT2D eigenvalue weighted by Crippen LogP contribution is 2.42. The predicted octanol–water partition coefficient (Wildman–Crippen LogP) is 4.51. The third kappa shape index (κ3) is 13.0. The number of ether oxygens (including phenoxy) is 6. The van der Waals surface area contributed by atoms with Crippen LogP contribution in [0.2, 0.25) is 0 Å². The van der Waals surface area contributed by atoms with E-state index in [2.05, 4.69) is 0 Å². The van der Waals surface area contributed by atoms with E-state index in [1.54, 1.807) is 60.4 Å². The summed E-state index contributed by atoms with van der Waals surface area (Å²) in [5.74, 6) is -1.69. The molecule has 0 bridgehead atoms. The van der Waals surface area contributed by atoms with Crippen LogP contribution in [0.15, 0.2) is 0 Å². The number of esters is 1. The van der Waals surface area contributed by atoms with Crippen LogP contribution < -0.4 is 0 Å². The molecule has 4 heterocycles. The Morgan fingerprint density at radius 1 is 0.984 bits per heavy atom. The van der Waals surface area contributed by atoms with Gasteiger partial charge in [0.25, 0.3) is 0 Å². The van der Waals surface area contributed by atoms with E-state index in [9.17, 15) is 35.1 Å². The van der Waals surface area contributed by atoms with Crippen molar-refractivity contribution in [1.82, 2.24) is 9.80 Å². The molecule has 4 saturated heterocycles. The van der Waals surface area contributed by atoms with Gasteiger partial charge in [0.2, 0.25) is 5.91 Å². The number of aliphatic hydroxyl groups is 5. The Morgan fingerprint density at radius 3 is 2.27 bits per heavy atom.